The normalized spacial score (nSPS) is 10.6. The van der Waals surface area contributed by atoms with E-state index in [1.54, 1.807) is 42.5 Å². The first-order valence-electron chi connectivity index (χ1n) is 9.18. The zero-order valence-corrected chi connectivity index (χ0v) is 17.0. The molecule has 0 spiro atoms. The van der Waals surface area contributed by atoms with Crippen molar-refractivity contribution in [1.29, 1.82) is 0 Å². The minimum Gasteiger partial charge on any atom is -0.489 e. The molecule has 30 heavy (non-hydrogen) atoms. The number of nitrogens with one attached hydrogen (secondary N) is 2. The van der Waals surface area contributed by atoms with Crippen molar-refractivity contribution in [2.75, 3.05) is 5.32 Å². The summed E-state index contributed by atoms with van der Waals surface area (Å²) in [7, 11) is 0. The van der Waals surface area contributed by atoms with E-state index >= 15 is 0 Å². The lowest BCUT2D eigenvalue weighted by Crippen LogP contribution is -2.32. The first kappa shape index (κ1) is 21.1. The van der Waals surface area contributed by atoms with Gasteiger partial charge in [0.15, 0.2) is 0 Å². The van der Waals surface area contributed by atoms with Gasteiger partial charge in [-0.05, 0) is 60.5 Å². The Hall–Kier alpha value is -3.64. The Morgan fingerprint density at radius 3 is 2.50 bits per heavy atom. The zero-order valence-electron chi connectivity index (χ0n) is 16.3. The van der Waals surface area contributed by atoms with Crippen LogP contribution in [0.3, 0.4) is 0 Å². The summed E-state index contributed by atoms with van der Waals surface area (Å²) in [6, 6.07) is 21.8. The highest BCUT2D eigenvalue weighted by molar-refractivity contribution is 6.39. The Kier molecular flexibility index (Phi) is 7.19. The standard InChI is InChI=1S/C23H20ClN3O3/c1-16-5-4-7-19(13-16)26-22(28)23(29)27-25-14-17-9-11-20(12-10-17)30-15-18-6-2-3-8-21(18)24/h2-14H,15H2,1H3,(H,26,28)(H,27,29). The number of hydrazone groups is 1. The molecule has 3 rings (SSSR count). The maximum atomic E-state index is 11.9. The lowest BCUT2D eigenvalue weighted by Gasteiger charge is -2.07. The van der Waals surface area contributed by atoms with E-state index in [0.717, 1.165) is 16.7 Å². The number of carbonyl (C=O) groups excluding carboxylic acids is 2. The second-order valence-electron chi connectivity index (χ2n) is 6.47. The van der Waals surface area contributed by atoms with Crippen LogP contribution in [0.5, 0.6) is 5.75 Å². The van der Waals surface area contributed by atoms with E-state index in [9.17, 15) is 9.59 Å². The molecule has 0 aliphatic heterocycles. The molecule has 0 atom stereocenters. The van der Waals surface area contributed by atoms with E-state index in [-0.39, 0.29) is 0 Å². The largest absolute Gasteiger partial charge is 0.489 e. The van der Waals surface area contributed by atoms with Crippen LogP contribution in [0.25, 0.3) is 0 Å². The third-order valence-corrected chi connectivity index (χ3v) is 4.46. The van der Waals surface area contributed by atoms with Gasteiger partial charge in [0.1, 0.15) is 12.4 Å². The molecule has 0 aromatic heterocycles. The number of benzene rings is 3. The second kappa shape index (κ2) is 10.2. The summed E-state index contributed by atoms with van der Waals surface area (Å²) in [6.45, 7) is 2.26. The molecular formula is C23H20ClN3O3. The van der Waals surface area contributed by atoms with Crippen molar-refractivity contribution in [2.45, 2.75) is 13.5 Å². The van der Waals surface area contributed by atoms with Crippen LogP contribution in [0.2, 0.25) is 5.02 Å². The second-order valence-corrected chi connectivity index (χ2v) is 6.88. The summed E-state index contributed by atoms with van der Waals surface area (Å²) in [5.41, 5.74) is 5.37. The molecule has 0 aliphatic rings. The molecule has 0 aliphatic carbocycles. The molecule has 0 radical (unpaired) electrons. The van der Waals surface area contributed by atoms with Crippen LogP contribution in [0.1, 0.15) is 16.7 Å². The molecular weight excluding hydrogens is 402 g/mol. The van der Waals surface area contributed by atoms with Crippen molar-refractivity contribution in [2.24, 2.45) is 5.10 Å². The van der Waals surface area contributed by atoms with Gasteiger partial charge in [-0.1, -0.05) is 41.9 Å². The van der Waals surface area contributed by atoms with Crippen molar-refractivity contribution in [3.05, 3.63) is 94.5 Å². The van der Waals surface area contributed by atoms with Crippen molar-refractivity contribution < 1.29 is 14.3 Å². The molecule has 7 heteroatoms. The Balaban J connectivity index is 1.48. The van der Waals surface area contributed by atoms with E-state index in [4.69, 9.17) is 16.3 Å². The molecule has 0 fully saturated rings. The summed E-state index contributed by atoms with van der Waals surface area (Å²) in [5.74, 6) is -0.970. The van der Waals surface area contributed by atoms with E-state index in [2.05, 4.69) is 15.8 Å². The van der Waals surface area contributed by atoms with Crippen LogP contribution >= 0.6 is 11.6 Å². The number of ether oxygens (including phenoxy) is 1. The van der Waals surface area contributed by atoms with Gasteiger partial charge >= 0.3 is 11.8 Å². The van der Waals surface area contributed by atoms with Gasteiger partial charge in [-0.2, -0.15) is 5.10 Å². The van der Waals surface area contributed by atoms with Gasteiger partial charge in [0.2, 0.25) is 0 Å². The third-order valence-electron chi connectivity index (χ3n) is 4.09. The van der Waals surface area contributed by atoms with Crippen LogP contribution in [0, 0.1) is 6.92 Å². The van der Waals surface area contributed by atoms with Crippen molar-refractivity contribution in [1.82, 2.24) is 5.43 Å². The van der Waals surface area contributed by atoms with E-state index in [1.165, 1.54) is 6.21 Å². The predicted octanol–water partition coefficient (Wildman–Crippen LogP) is 4.32. The molecule has 3 aromatic rings. The lowest BCUT2D eigenvalue weighted by atomic mass is 10.2. The molecule has 0 unspecified atom stereocenters. The van der Waals surface area contributed by atoms with Crippen LogP contribution in [0.4, 0.5) is 5.69 Å². The smallest absolute Gasteiger partial charge is 0.329 e. The lowest BCUT2D eigenvalue weighted by molar-refractivity contribution is -0.136. The SMILES string of the molecule is Cc1cccc(NC(=O)C(=O)NN=Cc2ccc(OCc3ccccc3Cl)cc2)c1. The highest BCUT2D eigenvalue weighted by atomic mass is 35.5. The van der Waals surface area contributed by atoms with Crippen LogP contribution < -0.4 is 15.5 Å². The number of anilines is 1. The highest BCUT2D eigenvalue weighted by Crippen LogP contribution is 2.18. The van der Waals surface area contributed by atoms with Crippen molar-refractivity contribution in [3.63, 3.8) is 0 Å². The maximum Gasteiger partial charge on any atom is 0.329 e. The van der Waals surface area contributed by atoms with Crippen LogP contribution in [0.15, 0.2) is 77.9 Å². The van der Waals surface area contributed by atoms with Crippen molar-refractivity contribution in [3.8, 4) is 5.75 Å². The van der Waals surface area contributed by atoms with Gasteiger partial charge in [0.25, 0.3) is 0 Å². The molecule has 3 aromatic carbocycles. The third kappa shape index (κ3) is 6.18. The van der Waals surface area contributed by atoms with Gasteiger partial charge in [0.05, 0.1) is 6.21 Å². The summed E-state index contributed by atoms with van der Waals surface area (Å²) in [5, 5.41) is 6.99. The number of nitrogens with zero attached hydrogens (tertiary/aromatic N) is 1. The molecule has 152 valence electrons. The molecule has 0 heterocycles. The summed E-state index contributed by atoms with van der Waals surface area (Å²) >= 11 is 6.11. The monoisotopic (exact) mass is 421 g/mol. The summed E-state index contributed by atoms with van der Waals surface area (Å²) in [6.07, 6.45) is 1.44. The Morgan fingerprint density at radius 2 is 1.77 bits per heavy atom. The first-order chi connectivity index (χ1) is 14.5. The number of hydrogen-bond acceptors (Lipinski definition) is 4. The van der Waals surface area contributed by atoms with Gasteiger partial charge in [-0.15, -0.1) is 0 Å². The average Bonchev–Trinajstić information content (AvgIpc) is 2.74. The molecule has 0 saturated carbocycles. The molecule has 2 N–H and O–H groups in total. The fourth-order valence-corrected chi connectivity index (χ4v) is 2.74. The number of rotatable bonds is 6. The summed E-state index contributed by atoms with van der Waals surface area (Å²) in [4.78, 5) is 23.8. The zero-order chi connectivity index (χ0) is 21.3. The summed E-state index contributed by atoms with van der Waals surface area (Å²) < 4.78 is 5.72. The Morgan fingerprint density at radius 1 is 1.00 bits per heavy atom. The number of halogens is 1. The minimum absolute atomic E-state index is 0.360. The Bertz CT molecular complexity index is 1070. The average molecular weight is 422 g/mol. The number of hydrogen-bond donors (Lipinski definition) is 2. The number of aryl methyl sites for hydroxylation is 1. The quantitative estimate of drug-likeness (QED) is 0.353. The maximum absolute atomic E-state index is 11.9. The first-order valence-corrected chi connectivity index (χ1v) is 9.56. The predicted molar refractivity (Wildman–Crippen MR) is 118 cm³/mol. The van der Waals surface area contributed by atoms with Crippen LogP contribution in [-0.4, -0.2) is 18.0 Å². The molecule has 6 nitrogen and oxygen atoms in total. The van der Waals surface area contributed by atoms with Gasteiger partial charge < -0.3 is 10.1 Å². The fraction of sp³-hybridized carbons (Fsp3) is 0.0870. The fourth-order valence-electron chi connectivity index (χ4n) is 2.55. The van der Waals surface area contributed by atoms with Gasteiger partial charge in [-0.25, -0.2) is 5.43 Å². The van der Waals surface area contributed by atoms with Gasteiger partial charge in [0, 0.05) is 16.3 Å². The van der Waals surface area contributed by atoms with Gasteiger partial charge in [-0.3, -0.25) is 9.59 Å². The molecule has 2 amide bonds. The highest BCUT2D eigenvalue weighted by Gasteiger charge is 2.12. The molecule has 0 saturated heterocycles. The van der Waals surface area contributed by atoms with Crippen LogP contribution in [-0.2, 0) is 16.2 Å². The Labute approximate surface area is 179 Å². The van der Waals surface area contributed by atoms with E-state index in [1.807, 2.05) is 37.3 Å². The van der Waals surface area contributed by atoms with E-state index in [0.29, 0.717) is 23.1 Å². The van der Waals surface area contributed by atoms with E-state index < -0.39 is 11.8 Å². The molecule has 0 bridgehead atoms. The topological polar surface area (TPSA) is 79.8 Å². The minimum atomic E-state index is -0.854. The number of carbonyl (C=O) groups is 2. The van der Waals surface area contributed by atoms with Crippen molar-refractivity contribution >= 4 is 35.3 Å². The number of amides is 2.